The number of aryl methyl sites for hydroxylation is 1. The summed E-state index contributed by atoms with van der Waals surface area (Å²) in [6.07, 6.45) is 3.62. The van der Waals surface area contributed by atoms with Gasteiger partial charge in [-0.2, -0.15) is 0 Å². The smallest absolute Gasteiger partial charge is 0.139 e. The number of hydrogen-bond acceptors (Lipinski definition) is 2. The summed E-state index contributed by atoms with van der Waals surface area (Å²) in [6, 6.07) is 0. The average molecular weight is 324 g/mol. The molecule has 1 atom stereocenters. The lowest BCUT2D eigenvalue weighted by Crippen LogP contribution is -2.19. The predicted octanol–water partition coefficient (Wildman–Crippen LogP) is 3.42. The molecule has 14 heavy (non-hydrogen) atoms. The maximum absolute atomic E-state index is 5.71. The Hall–Kier alpha value is 0.130. The van der Waals surface area contributed by atoms with Gasteiger partial charge in [0.1, 0.15) is 21.3 Å². The van der Waals surface area contributed by atoms with Gasteiger partial charge >= 0.3 is 0 Å². The van der Waals surface area contributed by atoms with E-state index < -0.39 is 0 Å². The second-order valence-electron chi connectivity index (χ2n) is 3.43. The van der Waals surface area contributed by atoms with Crippen LogP contribution in [-0.2, 0) is 4.74 Å². The predicted molar refractivity (Wildman–Crippen MR) is 61.2 cm³/mol. The van der Waals surface area contributed by atoms with Crippen LogP contribution in [0.15, 0.2) is 9.21 Å². The summed E-state index contributed by atoms with van der Waals surface area (Å²) in [7, 11) is 0. The maximum Gasteiger partial charge on any atom is 0.139 e. The van der Waals surface area contributed by atoms with Crippen LogP contribution in [0, 0.1) is 6.92 Å². The highest BCUT2D eigenvalue weighted by Crippen LogP contribution is 2.31. The number of rotatable bonds is 1. The molecule has 1 aliphatic heterocycles. The summed E-state index contributed by atoms with van der Waals surface area (Å²) in [5.41, 5.74) is 0. The summed E-state index contributed by atoms with van der Waals surface area (Å²) < 4.78 is 9.64. The summed E-state index contributed by atoms with van der Waals surface area (Å²) in [6.45, 7) is 2.85. The van der Waals surface area contributed by atoms with Crippen molar-refractivity contribution in [2.75, 3.05) is 6.61 Å². The SMILES string of the molecule is Cc1nc(Br)c(Br)n1C1CCCCO1. The molecule has 3 nitrogen and oxygen atoms in total. The number of hydrogen-bond donors (Lipinski definition) is 0. The largest absolute Gasteiger partial charge is 0.358 e. The van der Waals surface area contributed by atoms with Gasteiger partial charge in [-0.25, -0.2) is 4.98 Å². The molecule has 2 heterocycles. The van der Waals surface area contributed by atoms with E-state index in [0.717, 1.165) is 28.1 Å². The molecular weight excluding hydrogens is 312 g/mol. The lowest BCUT2D eigenvalue weighted by atomic mass is 10.2. The van der Waals surface area contributed by atoms with Crippen molar-refractivity contribution in [2.45, 2.75) is 32.4 Å². The van der Waals surface area contributed by atoms with E-state index >= 15 is 0 Å². The fourth-order valence-corrected chi connectivity index (χ4v) is 2.77. The standard InChI is InChI=1S/C9H12Br2N2O/c1-6-12-8(10)9(11)13(6)7-4-2-3-5-14-7/h7H,2-5H2,1H3. The highest BCUT2D eigenvalue weighted by molar-refractivity contribution is 9.13. The Bertz CT molecular complexity index is 332. The van der Waals surface area contributed by atoms with Gasteiger partial charge in [-0.1, -0.05) is 0 Å². The van der Waals surface area contributed by atoms with Crippen LogP contribution >= 0.6 is 31.9 Å². The van der Waals surface area contributed by atoms with E-state index in [1.54, 1.807) is 0 Å². The van der Waals surface area contributed by atoms with Crippen LogP contribution in [0.1, 0.15) is 31.3 Å². The molecule has 1 aromatic heterocycles. The van der Waals surface area contributed by atoms with Crippen molar-refractivity contribution >= 4 is 31.9 Å². The third-order valence-electron chi connectivity index (χ3n) is 2.43. The van der Waals surface area contributed by atoms with E-state index in [2.05, 4.69) is 41.4 Å². The van der Waals surface area contributed by atoms with Crippen molar-refractivity contribution in [3.63, 3.8) is 0 Å². The molecule has 2 rings (SSSR count). The second-order valence-corrected chi connectivity index (χ2v) is 4.93. The normalized spacial score (nSPS) is 22.6. The summed E-state index contributed by atoms with van der Waals surface area (Å²) >= 11 is 6.91. The van der Waals surface area contributed by atoms with Gasteiger partial charge in [-0.15, -0.1) is 0 Å². The number of nitrogens with zero attached hydrogens (tertiary/aromatic N) is 2. The molecule has 0 aliphatic carbocycles. The highest BCUT2D eigenvalue weighted by atomic mass is 79.9. The molecule has 1 aliphatic rings. The van der Waals surface area contributed by atoms with E-state index in [4.69, 9.17) is 4.74 Å². The summed E-state index contributed by atoms with van der Waals surface area (Å²) in [5, 5.41) is 0. The topological polar surface area (TPSA) is 27.1 Å². The summed E-state index contributed by atoms with van der Waals surface area (Å²) in [4.78, 5) is 4.34. The molecule has 0 spiro atoms. The van der Waals surface area contributed by atoms with E-state index in [9.17, 15) is 0 Å². The molecule has 0 N–H and O–H groups in total. The van der Waals surface area contributed by atoms with Gasteiger partial charge in [-0.3, -0.25) is 4.57 Å². The molecule has 1 aromatic rings. The molecule has 5 heteroatoms. The Kier molecular flexibility index (Phi) is 3.29. The van der Waals surface area contributed by atoms with Gasteiger partial charge < -0.3 is 4.74 Å². The Morgan fingerprint density at radius 2 is 2.21 bits per heavy atom. The first kappa shape index (κ1) is 10.6. The van der Waals surface area contributed by atoms with Crippen LogP contribution in [-0.4, -0.2) is 16.2 Å². The van der Waals surface area contributed by atoms with Crippen LogP contribution in [0.4, 0.5) is 0 Å². The second kappa shape index (κ2) is 4.33. The van der Waals surface area contributed by atoms with Crippen LogP contribution in [0.5, 0.6) is 0 Å². The number of aromatic nitrogens is 2. The highest BCUT2D eigenvalue weighted by Gasteiger charge is 2.21. The third kappa shape index (κ3) is 1.90. The summed E-state index contributed by atoms with van der Waals surface area (Å²) in [5.74, 6) is 0.982. The van der Waals surface area contributed by atoms with Crippen molar-refractivity contribution in [3.8, 4) is 0 Å². The van der Waals surface area contributed by atoms with Gasteiger partial charge in [0, 0.05) is 6.61 Å². The quantitative estimate of drug-likeness (QED) is 0.792. The monoisotopic (exact) mass is 322 g/mol. The number of halogens is 2. The Balaban J connectivity index is 2.29. The Morgan fingerprint density at radius 3 is 2.71 bits per heavy atom. The minimum atomic E-state index is 0.150. The molecule has 78 valence electrons. The first-order valence-electron chi connectivity index (χ1n) is 4.71. The lowest BCUT2D eigenvalue weighted by Gasteiger charge is -2.25. The first-order chi connectivity index (χ1) is 6.70. The minimum absolute atomic E-state index is 0.150. The van der Waals surface area contributed by atoms with Crippen molar-refractivity contribution in [2.24, 2.45) is 0 Å². The van der Waals surface area contributed by atoms with Crippen molar-refractivity contribution in [1.82, 2.24) is 9.55 Å². The van der Waals surface area contributed by atoms with Crippen LogP contribution < -0.4 is 0 Å². The minimum Gasteiger partial charge on any atom is -0.358 e. The van der Waals surface area contributed by atoms with E-state index in [0.29, 0.717) is 0 Å². The van der Waals surface area contributed by atoms with Gasteiger partial charge in [0.2, 0.25) is 0 Å². The molecule has 0 amide bonds. The van der Waals surface area contributed by atoms with Crippen LogP contribution in [0.2, 0.25) is 0 Å². The molecule has 1 saturated heterocycles. The van der Waals surface area contributed by atoms with E-state index in [1.807, 2.05) is 6.92 Å². The number of ether oxygens (including phenoxy) is 1. The lowest BCUT2D eigenvalue weighted by molar-refractivity contribution is -0.0344. The van der Waals surface area contributed by atoms with Crippen LogP contribution in [0.25, 0.3) is 0 Å². The van der Waals surface area contributed by atoms with Gasteiger partial charge in [0.15, 0.2) is 0 Å². The molecule has 1 unspecified atom stereocenters. The van der Waals surface area contributed by atoms with Gasteiger partial charge in [0.05, 0.1) is 0 Å². The molecule has 0 radical (unpaired) electrons. The molecule has 0 saturated carbocycles. The maximum atomic E-state index is 5.71. The molecular formula is C9H12Br2N2O. The van der Waals surface area contributed by atoms with Gasteiger partial charge in [0.25, 0.3) is 0 Å². The van der Waals surface area contributed by atoms with E-state index in [1.165, 1.54) is 12.8 Å². The van der Waals surface area contributed by atoms with Crippen molar-refractivity contribution < 1.29 is 4.74 Å². The average Bonchev–Trinajstić information content (AvgIpc) is 2.43. The Labute approximate surface area is 100 Å². The Morgan fingerprint density at radius 1 is 1.43 bits per heavy atom. The fraction of sp³-hybridized carbons (Fsp3) is 0.667. The van der Waals surface area contributed by atoms with Gasteiger partial charge in [-0.05, 0) is 58.0 Å². The van der Waals surface area contributed by atoms with E-state index in [-0.39, 0.29) is 6.23 Å². The fourth-order valence-electron chi connectivity index (χ4n) is 1.75. The number of imidazole rings is 1. The first-order valence-corrected chi connectivity index (χ1v) is 6.30. The zero-order chi connectivity index (χ0) is 10.1. The molecule has 0 aromatic carbocycles. The zero-order valence-corrected chi connectivity index (χ0v) is 11.1. The van der Waals surface area contributed by atoms with Crippen molar-refractivity contribution in [3.05, 3.63) is 15.0 Å². The molecule has 1 fully saturated rings. The van der Waals surface area contributed by atoms with Crippen molar-refractivity contribution in [1.29, 1.82) is 0 Å². The third-order valence-corrected chi connectivity index (χ3v) is 4.28. The molecule has 0 bridgehead atoms. The zero-order valence-electron chi connectivity index (χ0n) is 7.96. The van der Waals surface area contributed by atoms with Crippen LogP contribution in [0.3, 0.4) is 0 Å².